The fraction of sp³-hybridized carbons (Fsp3) is 0.520. The van der Waals surface area contributed by atoms with E-state index in [2.05, 4.69) is 20.6 Å². The van der Waals surface area contributed by atoms with Crippen molar-refractivity contribution in [2.45, 2.75) is 70.8 Å². The number of hydrogen-bond acceptors (Lipinski definition) is 5. The van der Waals surface area contributed by atoms with Crippen molar-refractivity contribution >= 4 is 29.8 Å². The molecular formula is C25H32FN5O2. The van der Waals surface area contributed by atoms with Gasteiger partial charge in [0.2, 0.25) is 18.3 Å². The molecular weight excluding hydrogens is 421 g/mol. The van der Waals surface area contributed by atoms with E-state index in [1.54, 1.807) is 23.2 Å². The number of nitrogens with zero attached hydrogens (tertiary/aromatic N) is 3. The Morgan fingerprint density at radius 3 is 2.61 bits per heavy atom. The van der Waals surface area contributed by atoms with Gasteiger partial charge in [0.15, 0.2) is 0 Å². The number of carbonyl (C=O) groups excluding carboxylic acids is 2. The second-order valence-electron chi connectivity index (χ2n) is 10.0. The predicted octanol–water partition coefficient (Wildman–Crippen LogP) is 4.24. The van der Waals surface area contributed by atoms with Crippen LogP contribution >= 0.6 is 0 Å². The third-order valence-electron chi connectivity index (χ3n) is 6.58. The van der Waals surface area contributed by atoms with Crippen molar-refractivity contribution in [3.05, 3.63) is 41.3 Å². The van der Waals surface area contributed by atoms with Crippen molar-refractivity contribution in [3.8, 4) is 0 Å². The summed E-state index contributed by atoms with van der Waals surface area (Å²) in [5.74, 6) is 0.397. The molecule has 0 bridgehead atoms. The molecule has 7 nitrogen and oxygen atoms in total. The maximum absolute atomic E-state index is 14.7. The van der Waals surface area contributed by atoms with Crippen molar-refractivity contribution in [2.24, 2.45) is 5.92 Å². The summed E-state index contributed by atoms with van der Waals surface area (Å²) >= 11 is 0. The van der Waals surface area contributed by atoms with Crippen molar-refractivity contribution < 1.29 is 14.0 Å². The Labute approximate surface area is 194 Å². The highest BCUT2D eigenvalue weighted by atomic mass is 19.1. The summed E-state index contributed by atoms with van der Waals surface area (Å²) in [7, 11) is 0. The summed E-state index contributed by atoms with van der Waals surface area (Å²) in [4.78, 5) is 35.0. The molecule has 2 N–H and O–H groups in total. The molecule has 0 radical (unpaired) electrons. The van der Waals surface area contributed by atoms with Gasteiger partial charge in [-0.1, -0.05) is 39.7 Å². The molecule has 1 unspecified atom stereocenters. The van der Waals surface area contributed by atoms with E-state index >= 15 is 0 Å². The number of halogens is 1. The highest BCUT2D eigenvalue weighted by Gasteiger charge is 2.30. The second-order valence-corrected chi connectivity index (χ2v) is 10.0. The lowest BCUT2D eigenvalue weighted by atomic mass is 9.86. The number of amides is 2. The van der Waals surface area contributed by atoms with E-state index in [1.165, 1.54) is 6.07 Å². The van der Waals surface area contributed by atoms with Gasteiger partial charge in [0, 0.05) is 36.0 Å². The molecule has 2 aliphatic rings. The van der Waals surface area contributed by atoms with Crippen molar-refractivity contribution in [1.82, 2.24) is 15.3 Å². The van der Waals surface area contributed by atoms with Crippen LogP contribution in [-0.2, 0) is 21.4 Å². The van der Waals surface area contributed by atoms with Crippen LogP contribution in [0.4, 0.5) is 21.8 Å². The summed E-state index contributed by atoms with van der Waals surface area (Å²) in [6.07, 6.45) is 7.74. The van der Waals surface area contributed by atoms with Crippen LogP contribution in [0.25, 0.3) is 0 Å². The zero-order valence-electron chi connectivity index (χ0n) is 19.5. The molecule has 0 spiro atoms. The van der Waals surface area contributed by atoms with Crippen LogP contribution in [0.3, 0.4) is 0 Å². The smallest absolute Gasteiger partial charge is 0.229 e. The van der Waals surface area contributed by atoms with Gasteiger partial charge in [0.25, 0.3) is 0 Å². The molecule has 2 fully saturated rings. The van der Waals surface area contributed by atoms with Gasteiger partial charge in [0.05, 0.1) is 0 Å². The Kier molecular flexibility index (Phi) is 6.63. The first-order valence-electron chi connectivity index (χ1n) is 11.7. The maximum Gasteiger partial charge on any atom is 0.229 e. The molecule has 2 aromatic rings. The summed E-state index contributed by atoms with van der Waals surface area (Å²) < 4.78 is 14.7. The maximum atomic E-state index is 14.7. The van der Waals surface area contributed by atoms with Gasteiger partial charge in [-0.15, -0.1) is 0 Å². The zero-order valence-corrected chi connectivity index (χ0v) is 19.5. The van der Waals surface area contributed by atoms with Crippen LogP contribution in [0.1, 0.15) is 64.0 Å². The van der Waals surface area contributed by atoms with Crippen LogP contribution < -0.4 is 15.5 Å². The molecule has 1 aliphatic carbocycles. The quantitative estimate of drug-likeness (QED) is 0.613. The van der Waals surface area contributed by atoms with Crippen LogP contribution in [0.15, 0.2) is 24.4 Å². The third-order valence-corrected chi connectivity index (χ3v) is 6.58. The van der Waals surface area contributed by atoms with Crippen molar-refractivity contribution in [1.29, 1.82) is 0 Å². The van der Waals surface area contributed by atoms with Gasteiger partial charge in [-0.05, 0) is 48.8 Å². The third kappa shape index (κ3) is 5.15. The summed E-state index contributed by atoms with van der Waals surface area (Å²) in [5, 5.41) is 5.94. The molecule has 1 atom stereocenters. The second kappa shape index (κ2) is 9.45. The zero-order chi connectivity index (χ0) is 23.6. The Morgan fingerprint density at radius 2 is 2.00 bits per heavy atom. The molecule has 176 valence electrons. The Bertz CT molecular complexity index is 1030. The summed E-state index contributed by atoms with van der Waals surface area (Å²) in [6, 6.07) is 5.10. The fourth-order valence-electron chi connectivity index (χ4n) is 4.75. The van der Waals surface area contributed by atoms with Gasteiger partial charge < -0.3 is 10.6 Å². The topological polar surface area (TPSA) is 87.2 Å². The molecule has 8 heteroatoms. The van der Waals surface area contributed by atoms with Gasteiger partial charge in [-0.25, -0.2) is 9.37 Å². The first-order chi connectivity index (χ1) is 15.8. The van der Waals surface area contributed by atoms with Crippen LogP contribution in [0.5, 0.6) is 0 Å². The molecule has 2 amide bonds. The minimum absolute atomic E-state index is 0.0242. The molecule has 1 saturated heterocycles. The normalized spacial score (nSPS) is 18.9. The predicted molar refractivity (Wildman–Crippen MR) is 126 cm³/mol. The van der Waals surface area contributed by atoms with Crippen LogP contribution in [-0.4, -0.2) is 34.9 Å². The fourth-order valence-corrected chi connectivity index (χ4v) is 4.75. The van der Waals surface area contributed by atoms with Crippen LogP contribution in [0, 0.1) is 11.7 Å². The first kappa shape index (κ1) is 23.1. The van der Waals surface area contributed by atoms with E-state index in [1.807, 2.05) is 20.8 Å². The number of aromatic nitrogens is 2. The van der Waals surface area contributed by atoms with E-state index < -0.39 is 0 Å². The lowest BCUT2D eigenvalue weighted by molar-refractivity contribution is -0.122. The van der Waals surface area contributed by atoms with Gasteiger partial charge in [0.1, 0.15) is 11.6 Å². The van der Waals surface area contributed by atoms with E-state index in [-0.39, 0.29) is 35.0 Å². The van der Waals surface area contributed by atoms with Gasteiger partial charge in [-0.2, -0.15) is 4.98 Å². The minimum Gasteiger partial charge on any atom is -0.356 e. The van der Waals surface area contributed by atoms with E-state index in [9.17, 15) is 14.0 Å². The number of carbonyl (C=O) groups is 2. The number of rotatable bonds is 7. The monoisotopic (exact) mass is 453 g/mol. The van der Waals surface area contributed by atoms with E-state index in [0.29, 0.717) is 30.0 Å². The molecule has 33 heavy (non-hydrogen) atoms. The molecule has 1 aliphatic heterocycles. The average molecular weight is 454 g/mol. The molecule has 1 saturated carbocycles. The molecule has 4 rings (SSSR count). The standard InChI is InChI=1S/C25H32FN5O2/c1-25(2,3)20-9-8-18(13-21(20)26)29-24-28-14-17(12-16-10-11-27-23(16)33)22(30-24)31(15-32)19-6-4-5-7-19/h8-9,13-16,19H,4-7,10-12H2,1-3H3,(H,27,33)(H,28,29,30). The van der Waals surface area contributed by atoms with E-state index in [0.717, 1.165) is 44.1 Å². The summed E-state index contributed by atoms with van der Waals surface area (Å²) in [5.41, 5.74) is 1.64. The van der Waals surface area contributed by atoms with Crippen molar-refractivity contribution in [3.63, 3.8) is 0 Å². The number of anilines is 3. The molecule has 1 aromatic heterocycles. The number of benzene rings is 1. The van der Waals surface area contributed by atoms with Gasteiger partial charge >= 0.3 is 0 Å². The Morgan fingerprint density at radius 1 is 1.24 bits per heavy atom. The van der Waals surface area contributed by atoms with E-state index in [4.69, 9.17) is 0 Å². The largest absolute Gasteiger partial charge is 0.356 e. The Balaban J connectivity index is 1.64. The van der Waals surface area contributed by atoms with Crippen LogP contribution in [0.2, 0.25) is 0 Å². The minimum atomic E-state index is -0.299. The highest BCUT2D eigenvalue weighted by molar-refractivity contribution is 5.82. The molecule has 1 aromatic carbocycles. The lowest BCUT2D eigenvalue weighted by Gasteiger charge is -2.26. The average Bonchev–Trinajstić information content (AvgIpc) is 3.42. The number of nitrogens with one attached hydrogen (secondary N) is 2. The highest BCUT2D eigenvalue weighted by Crippen LogP contribution is 2.32. The lowest BCUT2D eigenvalue weighted by Crippen LogP contribution is -2.34. The summed E-state index contributed by atoms with van der Waals surface area (Å²) in [6.45, 7) is 6.56. The Hall–Kier alpha value is -3.03. The first-order valence-corrected chi connectivity index (χ1v) is 11.7. The SMILES string of the molecule is CC(C)(C)c1ccc(Nc2ncc(CC3CCNC3=O)c(N(C=O)C3CCCC3)n2)cc1F. The molecule has 2 heterocycles. The van der Waals surface area contributed by atoms with Crippen molar-refractivity contribution in [2.75, 3.05) is 16.8 Å². The van der Waals surface area contributed by atoms with Gasteiger partial charge in [-0.3, -0.25) is 14.5 Å². The number of hydrogen-bond donors (Lipinski definition) is 2.